The maximum atomic E-state index is 11.5. The maximum Gasteiger partial charge on any atom is 0.347 e. The van der Waals surface area contributed by atoms with Gasteiger partial charge in [0.2, 0.25) is 0 Å². The summed E-state index contributed by atoms with van der Waals surface area (Å²) in [5, 5.41) is 0.559. The molecule has 2 N–H and O–H groups in total. The zero-order valence-electron chi connectivity index (χ0n) is 9.55. The lowest BCUT2D eigenvalue weighted by molar-refractivity contribution is 0.1000. The van der Waals surface area contributed by atoms with Crippen molar-refractivity contribution in [1.29, 1.82) is 0 Å². The molecule has 0 aliphatic carbocycles. The Morgan fingerprint density at radius 1 is 1.33 bits per heavy atom. The van der Waals surface area contributed by atoms with Crippen molar-refractivity contribution in [3.63, 3.8) is 0 Å². The Kier molecular flexibility index (Phi) is 3.16. The molecule has 5 nitrogen and oxygen atoms in total. The van der Waals surface area contributed by atoms with Crippen LogP contribution in [0.5, 0.6) is 0 Å². The van der Waals surface area contributed by atoms with Crippen molar-refractivity contribution < 1.29 is 4.79 Å². The minimum Gasteiger partial charge on any atom is -0.365 e. The summed E-state index contributed by atoms with van der Waals surface area (Å²) in [6, 6.07) is 6.66. The molecule has 1 amide bonds. The van der Waals surface area contributed by atoms with Gasteiger partial charge >= 0.3 is 5.69 Å². The molecule has 6 heteroatoms. The minimum atomic E-state index is -0.636. The molecule has 0 saturated heterocycles. The van der Waals surface area contributed by atoms with Crippen molar-refractivity contribution in [3.05, 3.63) is 51.5 Å². The fourth-order valence-electron chi connectivity index (χ4n) is 1.55. The van der Waals surface area contributed by atoms with Crippen molar-refractivity contribution in [3.8, 4) is 11.3 Å². The summed E-state index contributed by atoms with van der Waals surface area (Å²) in [6.45, 7) is 0. The molecule has 0 spiro atoms. The summed E-state index contributed by atoms with van der Waals surface area (Å²) in [4.78, 5) is 26.8. The Morgan fingerprint density at radius 3 is 2.50 bits per heavy atom. The van der Waals surface area contributed by atoms with Crippen LogP contribution in [-0.4, -0.2) is 15.5 Å². The Bertz CT molecular complexity index is 662. The summed E-state index contributed by atoms with van der Waals surface area (Å²) in [6.07, 6.45) is 1.38. The highest BCUT2D eigenvalue weighted by atomic mass is 35.5. The SMILES string of the molecule is Cn1cc(C(N)=O)c(-c2ccc(Cl)cc2)nc1=O. The van der Waals surface area contributed by atoms with E-state index >= 15 is 0 Å². The third kappa shape index (κ3) is 2.26. The van der Waals surface area contributed by atoms with Crippen LogP contribution in [0, 0.1) is 0 Å². The van der Waals surface area contributed by atoms with Crippen LogP contribution in [0.1, 0.15) is 10.4 Å². The number of nitrogens with zero attached hydrogens (tertiary/aromatic N) is 2. The van der Waals surface area contributed by atoms with Gasteiger partial charge in [0.25, 0.3) is 5.91 Å². The number of rotatable bonds is 2. The first-order valence-corrected chi connectivity index (χ1v) is 5.50. The number of hydrogen-bond acceptors (Lipinski definition) is 3. The van der Waals surface area contributed by atoms with E-state index in [1.807, 2.05) is 0 Å². The van der Waals surface area contributed by atoms with Gasteiger partial charge in [0.15, 0.2) is 0 Å². The maximum absolute atomic E-state index is 11.5. The van der Waals surface area contributed by atoms with Crippen LogP contribution in [-0.2, 0) is 7.05 Å². The number of halogens is 1. The molecule has 92 valence electrons. The third-order valence-corrected chi connectivity index (χ3v) is 2.72. The minimum absolute atomic E-state index is 0.194. The molecule has 0 aliphatic rings. The largest absolute Gasteiger partial charge is 0.365 e. The van der Waals surface area contributed by atoms with Crippen molar-refractivity contribution in [2.75, 3.05) is 0 Å². The van der Waals surface area contributed by atoms with Gasteiger partial charge in [-0.25, -0.2) is 4.79 Å². The van der Waals surface area contributed by atoms with E-state index in [9.17, 15) is 9.59 Å². The topological polar surface area (TPSA) is 78.0 Å². The second kappa shape index (κ2) is 4.62. The molecule has 1 heterocycles. The molecular weight excluding hydrogens is 254 g/mol. The molecule has 0 radical (unpaired) electrons. The zero-order valence-corrected chi connectivity index (χ0v) is 10.3. The molecule has 2 rings (SSSR count). The fraction of sp³-hybridized carbons (Fsp3) is 0.0833. The number of carbonyl (C=O) groups excluding carboxylic acids is 1. The van der Waals surface area contributed by atoms with E-state index < -0.39 is 11.6 Å². The fourth-order valence-corrected chi connectivity index (χ4v) is 1.68. The lowest BCUT2D eigenvalue weighted by Gasteiger charge is -2.07. The molecule has 0 unspecified atom stereocenters. The number of primary amides is 1. The van der Waals surface area contributed by atoms with Crippen LogP contribution >= 0.6 is 11.6 Å². The van der Waals surface area contributed by atoms with Crippen molar-refractivity contribution in [1.82, 2.24) is 9.55 Å². The Labute approximate surface area is 108 Å². The first-order valence-electron chi connectivity index (χ1n) is 5.12. The van der Waals surface area contributed by atoms with Gasteiger partial charge in [-0.15, -0.1) is 0 Å². The van der Waals surface area contributed by atoms with Gasteiger partial charge in [-0.2, -0.15) is 4.98 Å². The highest BCUT2D eigenvalue weighted by molar-refractivity contribution is 6.30. The van der Waals surface area contributed by atoms with Crippen molar-refractivity contribution >= 4 is 17.5 Å². The number of amides is 1. The van der Waals surface area contributed by atoms with Crippen LogP contribution in [0.4, 0.5) is 0 Å². The second-order valence-corrected chi connectivity index (χ2v) is 4.20. The molecule has 18 heavy (non-hydrogen) atoms. The van der Waals surface area contributed by atoms with Gasteiger partial charge in [-0.05, 0) is 12.1 Å². The average molecular weight is 264 g/mol. The normalized spacial score (nSPS) is 10.3. The van der Waals surface area contributed by atoms with E-state index in [-0.39, 0.29) is 11.3 Å². The van der Waals surface area contributed by atoms with Crippen molar-refractivity contribution in [2.45, 2.75) is 0 Å². The number of hydrogen-bond donors (Lipinski definition) is 1. The quantitative estimate of drug-likeness (QED) is 0.884. The van der Waals surface area contributed by atoms with E-state index in [4.69, 9.17) is 17.3 Å². The molecular formula is C12H10ClN3O2. The number of aromatic nitrogens is 2. The summed E-state index contributed by atoms with van der Waals surface area (Å²) in [5.74, 6) is -0.636. The number of benzene rings is 1. The first kappa shape index (κ1) is 12.3. The molecule has 0 bridgehead atoms. The van der Waals surface area contributed by atoms with Gasteiger partial charge in [-0.3, -0.25) is 4.79 Å². The molecule has 1 aromatic heterocycles. The molecule has 2 aromatic rings. The van der Waals surface area contributed by atoms with Gasteiger partial charge in [-0.1, -0.05) is 23.7 Å². The van der Waals surface area contributed by atoms with Gasteiger partial charge in [0.1, 0.15) is 0 Å². The predicted octanol–water partition coefficient (Wildman–Crippen LogP) is 1.20. The molecule has 0 saturated carbocycles. The smallest absolute Gasteiger partial charge is 0.347 e. The first-order chi connectivity index (χ1) is 8.49. The van der Waals surface area contributed by atoms with E-state index in [1.165, 1.54) is 17.8 Å². The average Bonchev–Trinajstić information content (AvgIpc) is 2.33. The van der Waals surface area contributed by atoms with Gasteiger partial charge in [0.05, 0.1) is 11.3 Å². The van der Waals surface area contributed by atoms with Crippen LogP contribution in [0.2, 0.25) is 5.02 Å². The molecule has 0 atom stereocenters. The predicted molar refractivity (Wildman–Crippen MR) is 68.4 cm³/mol. The Hall–Kier alpha value is -2.14. The molecule has 0 aliphatic heterocycles. The molecule has 1 aromatic carbocycles. The number of aryl methyl sites for hydroxylation is 1. The van der Waals surface area contributed by atoms with Crippen LogP contribution in [0.25, 0.3) is 11.3 Å². The van der Waals surface area contributed by atoms with Gasteiger partial charge < -0.3 is 10.3 Å². The monoisotopic (exact) mass is 263 g/mol. The Morgan fingerprint density at radius 2 is 1.94 bits per heavy atom. The standard InChI is InChI=1S/C12H10ClN3O2/c1-16-6-9(11(14)17)10(15-12(16)18)7-2-4-8(13)5-3-7/h2-6H,1H3,(H2,14,17). The van der Waals surface area contributed by atoms with Gasteiger partial charge in [0, 0.05) is 23.8 Å². The van der Waals surface area contributed by atoms with Crippen LogP contribution in [0.3, 0.4) is 0 Å². The van der Waals surface area contributed by atoms with Crippen LogP contribution < -0.4 is 11.4 Å². The summed E-state index contributed by atoms with van der Waals surface area (Å²) in [5.41, 5.74) is 5.90. The summed E-state index contributed by atoms with van der Waals surface area (Å²) in [7, 11) is 1.51. The second-order valence-electron chi connectivity index (χ2n) is 3.77. The number of carbonyl (C=O) groups is 1. The van der Waals surface area contributed by atoms with Crippen LogP contribution in [0.15, 0.2) is 35.3 Å². The highest BCUT2D eigenvalue weighted by Gasteiger charge is 2.13. The lowest BCUT2D eigenvalue weighted by Crippen LogP contribution is -2.25. The number of nitrogens with two attached hydrogens (primary N) is 1. The lowest BCUT2D eigenvalue weighted by atomic mass is 10.1. The summed E-state index contributed by atoms with van der Waals surface area (Å²) >= 11 is 5.78. The van der Waals surface area contributed by atoms with E-state index in [2.05, 4.69) is 4.98 Å². The van der Waals surface area contributed by atoms with E-state index in [0.717, 1.165) is 0 Å². The zero-order chi connectivity index (χ0) is 13.3. The van der Waals surface area contributed by atoms with Crippen molar-refractivity contribution in [2.24, 2.45) is 12.8 Å². The summed E-state index contributed by atoms with van der Waals surface area (Å²) < 4.78 is 1.21. The van der Waals surface area contributed by atoms with E-state index in [1.54, 1.807) is 24.3 Å². The highest BCUT2D eigenvalue weighted by Crippen LogP contribution is 2.21. The third-order valence-electron chi connectivity index (χ3n) is 2.47. The Balaban J connectivity index is 2.69. The molecule has 0 fully saturated rings. The van der Waals surface area contributed by atoms with E-state index in [0.29, 0.717) is 10.6 Å².